The normalized spacial score (nSPS) is 13.5. The molecule has 1 aliphatic rings. The van der Waals surface area contributed by atoms with Gasteiger partial charge in [0, 0.05) is 22.6 Å². The molecule has 1 aliphatic carbocycles. The Morgan fingerprint density at radius 2 is 1.64 bits per heavy atom. The van der Waals surface area contributed by atoms with E-state index < -0.39 is 0 Å². The Hall–Kier alpha value is -2.13. The van der Waals surface area contributed by atoms with Gasteiger partial charge in [0.2, 0.25) is 0 Å². The van der Waals surface area contributed by atoms with Gasteiger partial charge in [-0.2, -0.15) is 0 Å². The van der Waals surface area contributed by atoms with Crippen LogP contribution in [-0.4, -0.2) is 9.97 Å². The van der Waals surface area contributed by atoms with Crippen molar-refractivity contribution in [1.82, 2.24) is 9.97 Å². The Kier molecular flexibility index (Phi) is 4.84. The van der Waals surface area contributed by atoms with E-state index in [1.807, 2.05) is 0 Å². The highest BCUT2D eigenvalue weighted by Crippen LogP contribution is 2.33. The van der Waals surface area contributed by atoms with E-state index in [0.717, 1.165) is 29.4 Å². The molecule has 0 N–H and O–H groups in total. The van der Waals surface area contributed by atoms with Crippen molar-refractivity contribution in [3.8, 4) is 11.3 Å². The van der Waals surface area contributed by atoms with Crippen LogP contribution in [0.3, 0.4) is 0 Å². The van der Waals surface area contributed by atoms with Crippen LogP contribution in [0.4, 0.5) is 0 Å². The summed E-state index contributed by atoms with van der Waals surface area (Å²) < 4.78 is 0. The predicted molar refractivity (Wildman–Crippen MR) is 105 cm³/mol. The van der Waals surface area contributed by atoms with E-state index in [4.69, 9.17) is 9.97 Å². The van der Waals surface area contributed by atoms with Gasteiger partial charge < -0.3 is 0 Å². The highest BCUT2D eigenvalue weighted by molar-refractivity contribution is 7.98. The van der Waals surface area contributed by atoms with Gasteiger partial charge >= 0.3 is 0 Å². The van der Waals surface area contributed by atoms with Gasteiger partial charge in [-0.15, -0.1) is 0 Å². The third-order valence-corrected chi connectivity index (χ3v) is 5.69. The van der Waals surface area contributed by atoms with Crippen LogP contribution >= 0.6 is 11.8 Å². The van der Waals surface area contributed by atoms with Crippen LogP contribution in [0.15, 0.2) is 59.8 Å². The smallest absolute Gasteiger partial charge is 0.188 e. The Labute approximate surface area is 153 Å². The predicted octanol–water partition coefficient (Wildman–Crippen LogP) is 5.62. The summed E-state index contributed by atoms with van der Waals surface area (Å²) in [5, 5.41) is 0.905. The zero-order valence-electron chi connectivity index (χ0n) is 14.5. The van der Waals surface area contributed by atoms with E-state index in [-0.39, 0.29) is 0 Å². The Bertz CT molecular complexity index is 874. The number of rotatable bonds is 4. The highest BCUT2D eigenvalue weighted by Gasteiger charge is 2.19. The molecule has 0 amide bonds. The van der Waals surface area contributed by atoms with Crippen LogP contribution in [0.2, 0.25) is 0 Å². The summed E-state index contributed by atoms with van der Waals surface area (Å²) in [6.07, 6.45) is 4.66. The maximum Gasteiger partial charge on any atom is 0.188 e. The average molecular weight is 346 g/mol. The van der Waals surface area contributed by atoms with Gasteiger partial charge in [0.05, 0.1) is 5.69 Å². The van der Waals surface area contributed by atoms with Crippen molar-refractivity contribution < 1.29 is 0 Å². The fourth-order valence-electron chi connectivity index (χ4n) is 3.42. The van der Waals surface area contributed by atoms with Crippen molar-refractivity contribution in [2.24, 2.45) is 0 Å². The van der Waals surface area contributed by atoms with E-state index in [1.165, 1.54) is 40.8 Å². The van der Waals surface area contributed by atoms with Crippen molar-refractivity contribution >= 4 is 11.8 Å². The molecule has 0 aliphatic heterocycles. The molecule has 0 atom stereocenters. The number of aromatic nitrogens is 2. The topological polar surface area (TPSA) is 25.8 Å². The van der Waals surface area contributed by atoms with Crippen molar-refractivity contribution in [3.63, 3.8) is 0 Å². The first kappa shape index (κ1) is 16.3. The molecule has 0 radical (unpaired) electrons. The van der Waals surface area contributed by atoms with Crippen LogP contribution < -0.4 is 0 Å². The van der Waals surface area contributed by atoms with E-state index in [1.54, 1.807) is 11.8 Å². The SMILES string of the molecule is Cc1ccccc1-c1nc(SCc2ccccc2)nc2c1CCCC2. The third kappa shape index (κ3) is 3.62. The largest absolute Gasteiger partial charge is 0.227 e. The molecule has 2 nitrogen and oxygen atoms in total. The third-order valence-electron chi connectivity index (χ3n) is 4.77. The molecule has 0 bridgehead atoms. The number of thioether (sulfide) groups is 1. The maximum absolute atomic E-state index is 4.98. The van der Waals surface area contributed by atoms with Gasteiger partial charge in [-0.1, -0.05) is 66.4 Å². The Balaban J connectivity index is 1.71. The summed E-state index contributed by atoms with van der Waals surface area (Å²) in [6, 6.07) is 19.1. The Morgan fingerprint density at radius 1 is 0.880 bits per heavy atom. The molecular formula is C22H22N2S. The lowest BCUT2D eigenvalue weighted by Gasteiger charge is -2.20. The van der Waals surface area contributed by atoms with Crippen LogP contribution in [0.25, 0.3) is 11.3 Å². The fraction of sp³-hybridized carbons (Fsp3) is 0.273. The highest BCUT2D eigenvalue weighted by atomic mass is 32.2. The van der Waals surface area contributed by atoms with Gasteiger partial charge in [-0.3, -0.25) is 0 Å². The second-order valence-corrected chi connectivity index (χ2v) is 7.52. The molecular weight excluding hydrogens is 324 g/mol. The minimum atomic E-state index is 0.905. The van der Waals surface area contributed by atoms with Crippen molar-refractivity contribution in [3.05, 3.63) is 77.0 Å². The average Bonchev–Trinajstić information content (AvgIpc) is 2.67. The monoisotopic (exact) mass is 346 g/mol. The molecule has 0 saturated carbocycles. The lowest BCUT2D eigenvalue weighted by Crippen LogP contribution is -2.10. The summed E-state index contributed by atoms with van der Waals surface area (Å²) in [5.41, 5.74) is 7.63. The first-order valence-electron chi connectivity index (χ1n) is 8.94. The standard InChI is InChI=1S/C22H22N2S/c1-16-9-5-6-12-18(16)21-19-13-7-8-14-20(19)23-22(24-21)25-15-17-10-3-2-4-11-17/h2-6,9-12H,7-8,13-15H2,1H3. The quantitative estimate of drug-likeness (QED) is 0.453. The molecule has 2 aromatic carbocycles. The summed E-state index contributed by atoms with van der Waals surface area (Å²) in [5.74, 6) is 0.910. The zero-order valence-corrected chi connectivity index (χ0v) is 15.4. The van der Waals surface area contributed by atoms with Crippen molar-refractivity contribution in [2.45, 2.75) is 43.5 Å². The van der Waals surface area contributed by atoms with E-state index in [2.05, 4.69) is 61.5 Å². The van der Waals surface area contributed by atoms with Gasteiger partial charge in [-0.25, -0.2) is 9.97 Å². The van der Waals surface area contributed by atoms with Crippen molar-refractivity contribution in [2.75, 3.05) is 0 Å². The lowest BCUT2D eigenvalue weighted by molar-refractivity contribution is 0.651. The second-order valence-electron chi connectivity index (χ2n) is 6.58. The first-order chi connectivity index (χ1) is 12.3. The first-order valence-corrected chi connectivity index (χ1v) is 9.92. The van der Waals surface area contributed by atoms with Crippen LogP contribution in [0, 0.1) is 6.92 Å². The molecule has 0 saturated heterocycles. The summed E-state index contributed by atoms with van der Waals surface area (Å²) in [7, 11) is 0. The summed E-state index contributed by atoms with van der Waals surface area (Å²) >= 11 is 1.74. The fourth-order valence-corrected chi connectivity index (χ4v) is 4.24. The summed E-state index contributed by atoms with van der Waals surface area (Å²) in [6.45, 7) is 2.17. The summed E-state index contributed by atoms with van der Waals surface area (Å²) in [4.78, 5) is 9.88. The van der Waals surface area contributed by atoms with E-state index in [9.17, 15) is 0 Å². The molecule has 3 heteroatoms. The molecule has 1 heterocycles. The molecule has 1 aromatic heterocycles. The second kappa shape index (κ2) is 7.40. The van der Waals surface area contributed by atoms with Crippen molar-refractivity contribution in [1.29, 1.82) is 0 Å². The molecule has 0 spiro atoms. The molecule has 0 fully saturated rings. The number of benzene rings is 2. The molecule has 25 heavy (non-hydrogen) atoms. The van der Waals surface area contributed by atoms with Crippen LogP contribution in [0.1, 0.15) is 35.2 Å². The van der Waals surface area contributed by atoms with E-state index >= 15 is 0 Å². The molecule has 3 aromatic rings. The van der Waals surface area contributed by atoms with Crippen LogP contribution in [0.5, 0.6) is 0 Å². The van der Waals surface area contributed by atoms with Crippen LogP contribution in [-0.2, 0) is 18.6 Å². The number of hydrogen-bond acceptors (Lipinski definition) is 3. The molecule has 126 valence electrons. The molecule has 4 rings (SSSR count). The number of nitrogens with zero attached hydrogens (tertiary/aromatic N) is 2. The maximum atomic E-state index is 4.98. The molecule has 0 unspecified atom stereocenters. The van der Waals surface area contributed by atoms with Gasteiger partial charge in [0.25, 0.3) is 0 Å². The Morgan fingerprint density at radius 3 is 2.48 bits per heavy atom. The zero-order chi connectivity index (χ0) is 17.1. The van der Waals surface area contributed by atoms with E-state index in [0.29, 0.717) is 0 Å². The minimum absolute atomic E-state index is 0.905. The number of hydrogen-bond donors (Lipinski definition) is 0. The van der Waals surface area contributed by atoms with Gasteiger partial charge in [-0.05, 0) is 43.7 Å². The minimum Gasteiger partial charge on any atom is -0.227 e. The van der Waals surface area contributed by atoms with Gasteiger partial charge in [0.15, 0.2) is 5.16 Å². The number of aryl methyl sites for hydroxylation is 2. The number of fused-ring (bicyclic) bond motifs is 1. The lowest BCUT2D eigenvalue weighted by atomic mass is 9.91. The van der Waals surface area contributed by atoms with Gasteiger partial charge in [0.1, 0.15) is 0 Å².